The Labute approximate surface area is 110 Å². The molecule has 1 N–H and O–H groups in total. The van der Waals surface area contributed by atoms with E-state index in [1.807, 2.05) is 0 Å². The number of carbonyl (C=O) groups excluding carboxylic acids is 1. The average molecular weight is 257 g/mol. The smallest absolute Gasteiger partial charge is 0.159 e. The number of Topliss-reactive ketones (excluding diaryl/α,β-unsaturated/α-hetero) is 1. The van der Waals surface area contributed by atoms with Crippen molar-refractivity contribution >= 4 is 17.2 Å². The molecule has 0 aliphatic rings. The number of nitrogens with zero attached hydrogens (tertiary/aromatic N) is 2. The van der Waals surface area contributed by atoms with Crippen LogP contribution in [-0.4, -0.2) is 5.78 Å². The zero-order valence-electron chi connectivity index (χ0n) is 10.3. The third-order valence-electron chi connectivity index (χ3n) is 2.48. The van der Waals surface area contributed by atoms with Crippen molar-refractivity contribution < 1.29 is 9.18 Å². The van der Waals surface area contributed by atoms with Gasteiger partial charge in [-0.15, -0.1) is 5.11 Å². The number of halogens is 1. The molecule has 0 amide bonds. The van der Waals surface area contributed by atoms with Crippen LogP contribution in [0.1, 0.15) is 17.3 Å². The molecule has 96 valence electrons. The van der Waals surface area contributed by atoms with E-state index in [0.717, 1.165) is 0 Å². The molecule has 0 unspecified atom stereocenters. The van der Waals surface area contributed by atoms with Gasteiger partial charge in [0.15, 0.2) is 11.6 Å². The molecular formula is C14H12FN3O. The van der Waals surface area contributed by atoms with Gasteiger partial charge in [-0.25, -0.2) is 4.39 Å². The summed E-state index contributed by atoms with van der Waals surface area (Å²) in [5.41, 5.74) is 4.12. The van der Waals surface area contributed by atoms with Gasteiger partial charge in [0.25, 0.3) is 0 Å². The molecule has 0 atom stereocenters. The molecule has 2 aromatic rings. The van der Waals surface area contributed by atoms with Crippen molar-refractivity contribution in [2.24, 2.45) is 10.3 Å². The molecule has 4 nitrogen and oxygen atoms in total. The monoisotopic (exact) mass is 257 g/mol. The first-order valence-corrected chi connectivity index (χ1v) is 5.69. The average Bonchev–Trinajstić information content (AvgIpc) is 2.41. The summed E-state index contributed by atoms with van der Waals surface area (Å²) in [6.07, 6.45) is 0. The Balaban J connectivity index is 2.03. The summed E-state index contributed by atoms with van der Waals surface area (Å²) in [7, 11) is 0. The second-order valence-electron chi connectivity index (χ2n) is 3.90. The number of rotatable bonds is 4. The quantitative estimate of drug-likeness (QED) is 0.508. The molecule has 19 heavy (non-hydrogen) atoms. The van der Waals surface area contributed by atoms with E-state index >= 15 is 0 Å². The minimum atomic E-state index is -0.431. The van der Waals surface area contributed by atoms with Gasteiger partial charge in [0.1, 0.15) is 5.69 Å². The van der Waals surface area contributed by atoms with Crippen molar-refractivity contribution in [2.45, 2.75) is 6.92 Å². The van der Waals surface area contributed by atoms with Crippen LogP contribution in [0.3, 0.4) is 0 Å². The highest BCUT2D eigenvalue weighted by Gasteiger charge is 1.99. The Morgan fingerprint density at radius 3 is 2.42 bits per heavy atom. The Bertz CT molecular complexity index is 608. The third kappa shape index (κ3) is 3.45. The van der Waals surface area contributed by atoms with Crippen LogP contribution in [0.15, 0.2) is 58.9 Å². The van der Waals surface area contributed by atoms with Gasteiger partial charge in [-0.3, -0.25) is 10.2 Å². The zero-order valence-corrected chi connectivity index (χ0v) is 10.3. The van der Waals surface area contributed by atoms with Crippen molar-refractivity contribution in [1.29, 1.82) is 0 Å². The molecule has 5 heteroatoms. The lowest BCUT2D eigenvalue weighted by Crippen LogP contribution is -1.92. The highest BCUT2D eigenvalue weighted by molar-refractivity contribution is 5.94. The van der Waals surface area contributed by atoms with Gasteiger partial charge in [-0.2, -0.15) is 0 Å². The number of hydrogen-bond donors (Lipinski definition) is 1. The molecular weight excluding hydrogens is 245 g/mol. The van der Waals surface area contributed by atoms with E-state index in [1.165, 1.54) is 19.1 Å². The van der Waals surface area contributed by atoms with E-state index < -0.39 is 5.82 Å². The molecule has 0 heterocycles. The maximum atomic E-state index is 13.2. The van der Waals surface area contributed by atoms with Crippen LogP contribution < -0.4 is 5.43 Å². The summed E-state index contributed by atoms with van der Waals surface area (Å²) in [4.78, 5) is 11.1. The number of benzene rings is 2. The van der Waals surface area contributed by atoms with Crippen LogP contribution in [0.4, 0.5) is 15.8 Å². The maximum Gasteiger partial charge on any atom is 0.159 e. The standard InChI is InChI=1S/C14H12FN3O/c1-10(19)11-6-8-12(9-7-11)16-18-17-14-5-3-2-4-13(14)15/h2-9H,1H3,(H,16,17). The molecule has 0 aliphatic heterocycles. The predicted molar refractivity (Wildman–Crippen MR) is 71.0 cm³/mol. The van der Waals surface area contributed by atoms with E-state index in [2.05, 4.69) is 15.8 Å². The topological polar surface area (TPSA) is 53.8 Å². The van der Waals surface area contributed by atoms with E-state index in [9.17, 15) is 9.18 Å². The second-order valence-corrected chi connectivity index (χ2v) is 3.90. The lowest BCUT2D eigenvalue weighted by molar-refractivity contribution is 0.101. The fraction of sp³-hybridized carbons (Fsp3) is 0.0714. The van der Waals surface area contributed by atoms with Gasteiger partial charge < -0.3 is 0 Å². The fourth-order valence-electron chi connectivity index (χ4n) is 1.45. The number of ketones is 1. The van der Waals surface area contributed by atoms with Gasteiger partial charge in [-0.1, -0.05) is 17.4 Å². The van der Waals surface area contributed by atoms with Crippen molar-refractivity contribution in [1.82, 2.24) is 0 Å². The predicted octanol–water partition coefficient (Wildman–Crippen LogP) is 4.14. The van der Waals surface area contributed by atoms with E-state index in [1.54, 1.807) is 36.4 Å². The first kappa shape index (κ1) is 12.9. The van der Waals surface area contributed by atoms with Gasteiger partial charge in [0.2, 0.25) is 0 Å². The van der Waals surface area contributed by atoms with Crippen LogP contribution in [0.5, 0.6) is 0 Å². The molecule has 0 bridgehead atoms. The van der Waals surface area contributed by atoms with Crippen LogP contribution in [-0.2, 0) is 0 Å². The number of hydrogen-bond acceptors (Lipinski definition) is 3. The lowest BCUT2D eigenvalue weighted by Gasteiger charge is -2.00. The Kier molecular flexibility index (Phi) is 3.97. The Hall–Kier alpha value is -2.56. The highest BCUT2D eigenvalue weighted by Crippen LogP contribution is 2.17. The summed E-state index contributed by atoms with van der Waals surface area (Å²) >= 11 is 0. The van der Waals surface area contributed by atoms with Crippen molar-refractivity contribution in [3.8, 4) is 0 Å². The van der Waals surface area contributed by atoms with Crippen molar-refractivity contribution in [2.75, 3.05) is 5.43 Å². The molecule has 0 radical (unpaired) electrons. The molecule has 0 saturated carbocycles. The van der Waals surface area contributed by atoms with Crippen LogP contribution in [0, 0.1) is 5.82 Å². The largest absolute Gasteiger partial charge is 0.295 e. The molecule has 0 spiro atoms. The molecule has 2 aromatic carbocycles. The third-order valence-corrected chi connectivity index (χ3v) is 2.48. The van der Waals surface area contributed by atoms with E-state index in [0.29, 0.717) is 11.3 Å². The summed E-state index contributed by atoms with van der Waals surface area (Å²) in [6, 6.07) is 12.9. The fourth-order valence-corrected chi connectivity index (χ4v) is 1.45. The summed E-state index contributed by atoms with van der Waals surface area (Å²) in [6.45, 7) is 1.50. The Morgan fingerprint density at radius 1 is 1.11 bits per heavy atom. The maximum absolute atomic E-state index is 13.2. The molecule has 0 saturated heterocycles. The second kappa shape index (κ2) is 5.86. The van der Waals surface area contributed by atoms with E-state index in [4.69, 9.17) is 0 Å². The van der Waals surface area contributed by atoms with Gasteiger partial charge >= 0.3 is 0 Å². The summed E-state index contributed by atoms with van der Waals surface area (Å²) in [5.74, 6) is -0.431. The molecule has 0 aromatic heterocycles. The lowest BCUT2D eigenvalue weighted by atomic mass is 10.1. The number of nitrogens with one attached hydrogen (secondary N) is 1. The number of carbonyl (C=O) groups is 1. The van der Waals surface area contributed by atoms with Gasteiger partial charge in [-0.05, 0) is 43.3 Å². The van der Waals surface area contributed by atoms with E-state index in [-0.39, 0.29) is 11.5 Å². The minimum Gasteiger partial charge on any atom is -0.295 e. The molecule has 0 aliphatic carbocycles. The highest BCUT2D eigenvalue weighted by atomic mass is 19.1. The molecule has 2 rings (SSSR count). The Morgan fingerprint density at radius 2 is 1.79 bits per heavy atom. The summed E-state index contributed by atoms with van der Waals surface area (Å²) < 4.78 is 13.2. The number of anilines is 1. The molecule has 0 fully saturated rings. The van der Waals surface area contributed by atoms with Gasteiger partial charge in [0, 0.05) is 5.56 Å². The zero-order chi connectivity index (χ0) is 13.7. The first-order valence-electron chi connectivity index (χ1n) is 5.69. The van der Waals surface area contributed by atoms with Crippen LogP contribution in [0.2, 0.25) is 0 Å². The van der Waals surface area contributed by atoms with Crippen LogP contribution >= 0.6 is 0 Å². The van der Waals surface area contributed by atoms with Crippen LogP contribution in [0.25, 0.3) is 0 Å². The normalized spacial score (nSPS) is 10.6. The SMILES string of the molecule is CC(=O)c1ccc(NN=Nc2ccccc2F)cc1. The van der Waals surface area contributed by atoms with Crippen molar-refractivity contribution in [3.05, 3.63) is 59.9 Å². The van der Waals surface area contributed by atoms with Crippen molar-refractivity contribution in [3.63, 3.8) is 0 Å². The first-order chi connectivity index (χ1) is 9.16. The summed E-state index contributed by atoms with van der Waals surface area (Å²) in [5, 5.41) is 7.43. The minimum absolute atomic E-state index is 0.000432. The van der Waals surface area contributed by atoms with Gasteiger partial charge in [0.05, 0.1) is 5.69 Å².